The van der Waals surface area contributed by atoms with Gasteiger partial charge in [-0.1, -0.05) is 0 Å². The quantitative estimate of drug-likeness (QED) is 0.791. The van der Waals surface area contributed by atoms with Crippen LogP contribution in [-0.2, 0) is 4.74 Å². The number of nitrogens with zero attached hydrogens (tertiary/aromatic N) is 2. The topological polar surface area (TPSA) is 27.7 Å². The number of ether oxygens (including phenoxy) is 1. The Morgan fingerprint density at radius 2 is 2.22 bits per heavy atom. The third kappa shape index (κ3) is 2.87. The highest BCUT2D eigenvalue weighted by Gasteiger charge is 2.40. The second-order valence-electron chi connectivity index (χ2n) is 6.30. The van der Waals surface area contributed by atoms with Crippen molar-refractivity contribution in [2.75, 3.05) is 39.8 Å². The molecule has 3 rings (SSSR count). The van der Waals surface area contributed by atoms with E-state index < -0.39 is 0 Å². The molecular weight excluding hydrogens is 226 g/mol. The molecule has 0 aromatic carbocycles. The van der Waals surface area contributed by atoms with Crippen LogP contribution in [0.15, 0.2) is 0 Å². The number of rotatable bonds is 4. The van der Waals surface area contributed by atoms with Crippen LogP contribution in [0.25, 0.3) is 0 Å². The van der Waals surface area contributed by atoms with Crippen LogP contribution >= 0.6 is 0 Å². The molecule has 0 aromatic rings. The Labute approximate surface area is 111 Å². The van der Waals surface area contributed by atoms with Crippen molar-refractivity contribution < 1.29 is 4.74 Å². The van der Waals surface area contributed by atoms with Gasteiger partial charge in [-0.25, -0.2) is 0 Å². The first-order chi connectivity index (χ1) is 8.74. The molecule has 4 heteroatoms. The number of hydrogen-bond acceptors (Lipinski definition) is 4. The Hall–Kier alpha value is -0.160. The minimum Gasteiger partial charge on any atom is -0.374 e. The van der Waals surface area contributed by atoms with Gasteiger partial charge in [-0.2, -0.15) is 0 Å². The molecule has 3 unspecified atom stereocenters. The smallest absolute Gasteiger partial charge is 0.0826 e. The monoisotopic (exact) mass is 253 g/mol. The van der Waals surface area contributed by atoms with E-state index in [9.17, 15) is 0 Å². The van der Waals surface area contributed by atoms with E-state index in [1.807, 2.05) is 0 Å². The van der Waals surface area contributed by atoms with Crippen molar-refractivity contribution in [3.63, 3.8) is 0 Å². The summed E-state index contributed by atoms with van der Waals surface area (Å²) in [5.74, 6) is 0. The molecule has 0 amide bonds. The normalized spacial score (nSPS) is 38.5. The molecule has 3 fully saturated rings. The second-order valence-corrected chi connectivity index (χ2v) is 6.30. The number of morpholine rings is 1. The highest BCUT2D eigenvalue weighted by atomic mass is 16.5. The molecule has 18 heavy (non-hydrogen) atoms. The van der Waals surface area contributed by atoms with Crippen LogP contribution in [0.2, 0.25) is 0 Å². The molecule has 0 radical (unpaired) electrons. The molecule has 3 aliphatic rings. The number of nitrogens with one attached hydrogen (secondary N) is 1. The summed E-state index contributed by atoms with van der Waals surface area (Å²) in [4.78, 5) is 5.25. The van der Waals surface area contributed by atoms with E-state index in [0.29, 0.717) is 6.10 Å². The van der Waals surface area contributed by atoms with Crippen molar-refractivity contribution in [2.24, 2.45) is 0 Å². The van der Waals surface area contributed by atoms with Crippen LogP contribution < -0.4 is 5.32 Å². The van der Waals surface area contributed by atoms with E-state index in [-0.39, 0.29) is 0 Å². The maximum Gasteiger partial charge on any atom is 0.0826 e. The molecule has 3 atom stereocenters. The summed E-state index contributed by atoms with van der Waals surface area (Å²) >= 11 is 0. The van der Waals surface area contributed by atoms with E-state index in [4.69, 9.17) is 4.74 Å². The van der Waals surface area contributed by atoms with E-state index in [1.54, 1.807) is 0 Å². The summed E-state index contributed by atoms with van der Waals surface area (Å²) in [5.41, 5.74) is 0. The fourth-order valence-corrected chi connectivity index (χ4v) is 3.47. The molecule has 0 spiro atoms. The fraction of sp³-hybridized carbons (Fsp3) is 1.00. The van der Waals surface area contributed by atoms with Gasteiger partial charge in [-0.3, -0.25) is 9.80 Å². The zero-order valence-electron chi connectivity index (χ0n) is 11.8. The summed E-state index contributed by atoms with van der Waals surface area (Å²) in [6.07, 6.45) is 4.56. The van der Waals surface area contributed by atoms with Crippen LogP contribution in [0.4, 0.5) is 0 Å². The molecule has 104 valence electrons. The minimum absolute atomic E-state index is 0.383. The van der Waals surface area contributed by atoms with Gasteiger partial charge in [0.25, 0.3) is 0 Å². The summed E-state index contributed by atoms with van der Waals surface area (Å²) in [7, 11) is 2.27. The largest absolute Gasteiger partial charge is 0.374 e. The van der Waals surface area contributed by atoms with Crippen molar-refractivity contribution in [3.05, 3.63) is 0 Å². The molecule has 0 bridgehead atoms. The van der Waals surface area contributed by atoms with Gasteiger partial charge in [0, 0.05) is 44.3 Å². The number of likely N-dealkylation sites (tertiary alicyclic amines) is 1. The van der Waals surface area contributed by atoms with Crippen LogP contribution in [0.5, 0.6) is 0 Å². The summed E-state index contributed by atoms with van der Waals surface area (Å²) in [5, 5.41) is 3.41. The molecule has 1 N–H and O–H groups in total. The van der Waals surface area contributed by atoms with Crippen molar-refractivity contribution in [1.29, 1.82) is 0 Å². The van der Waals surface area contributed by atoms with Crippen LogP contribution in [0.1, 0.15) is 26.2 Å². The first-order valence-corrected chi connectivity index (χ1v) is 7.52. The Bertz CT molecular complexity index is 276. The van der Waals surface area contributed by atoms with Crippen molar-refractivity contribution in [2.45, 2.75) is 50.4 Å². The Kier molecular flexibility index (Phi) is 3.89. The Morgan fingerprint density at radius 3 is 2.89 bits per heavy atom. The molecule has 2 aliphatic heterocycles. The maximum atomic E-state index is 5.80. The van der Waals surface area contributed by atoms with Gasteiger partial charge in [-0.05, 0) is 33.2 Å². The lowest BCUT2D eigenvalue weighted by Crippen LogP contribution is -2.47. The average molecular weight is 253 g/mol. The van der Waals surface area contributed by atoms with Gasteiger partial charge in [-0.15, -0.1) is 0 Å². The van der Waals surface area contributed by atoms with Crippen LogP contribution in [0.3, 0.4) is 0 Å². The molecule has 2 heterocycles. The van der Waals surface area contributed by atoms with Gasteiger partial charge >= 0.3 is 0 Å². The minimum atomic E-state index is 0.383. The summed E-state index contributed by atoms with van der Waals surface area (Å²) in [6.45, 7) is 7.62. The van der Waals surface area contributed by atoms with Crippen LogP contribution in [0, 0.1) is 0 Å². The van der Waals surface area contributed by atoms with Gasteiger partial charge in [0.2, 0.25) is 0 Å². The third-order valence-corrected chi connectivity index (χ3v) is 4.74. The van der Waals surface area contributed by atoms with Crippen LogP contribution in [-0.4, -0.2) is 73.9 Å². The summed E-state index contributed by atoms with van der Waals surface area (Å²) < 4.78 is 5.80. The average Bonchev–Trinajstić information content (AvgIpc) is 3.14. The Balaban J connectivity index is 1.48. The molecule has 0 aromatic heterocycles. The molecule has 1 aliphatic carbocycles. The van der Waals surface area contributed by atoms with Crippen molar-refractivity contribution in [1.82, 2.24) is 15.1 Å². The highest BCUT2D eigenvalue weighted by molar-refractivity contribution is 4.96. The highest BCUT2D eigenvalue weighted by Crippen LogP contribution is 2.34. The van der Waals surface area contributed by atoms with Crippen molar-refractivity contribution in [3.8, 4) is 0 Å². The van der Waals surface area contributed by atoms with E-state index in [1.165, 1.54) is 25.8 Å². The van der Waals surface area contributed by atoms with Gasteiger partial charge < -0.3 is 10.1 Å². The predicted octanol–water partition coefficient (Wildman–Crippen LogP) is 0.532. The zero-order chi connectivity index (χ0) is 12.5. The lowest BCUT2D eigenvalue weighted by atomic mass is 10.1. The number of hydrogen-bond donors (Lipinski definition) is 1. The van der Waals surface area contributed by atoms with E-state index in [0.717, 1.165) is 44.4 Å². The molecular formula is C14H27N3O. The van der Waals surface area contributed by atoms with Crippen molar-refractivity contribution >= 4 is 0 Å². The first kappa shape index (κ1) is 12.9. The lowest BCUT2D eigenvalue weighted by Gasteiger charge is -2.31. The molecule has 1 saturated carbocycles. The number of likely N-dealkylation sites (N-methyl/N-ethyl adjacent to an activating group) is 1. The Morgan fingerprint density at radius 1 is 1.39 bits per heavy atom. The third-order valence-electron chi connectivity index (χ3n) is 4.74. The second kappa shape index (κ2) is 5.45. The molecule has 2 saturated heterocycles. The first-order valence-electron chi connectivity index (χ1n) is 7.52. The SMILES string of the molecule is CC1CC(N(C)CC2CNCCO2)CN1C1CC1. The lowest BCUT2D eigenvalue weighted by molar-refractivity contribution is 0.00346. The van der Waals surface area contributed by atoms with E-state index >= 15 is 0 Å². The fourth-order valence-electron chi connectivity index (χ4n) is 3.47. The standard InChI is InChI=1S/C14H27N3O/c1-11-7-13(9-17(11)12-3-4-12)16(2)10-14-8-15-5-6-18-14/h11-15H,3-10H2,1-2H3. The summed E-state index contributed by atoms with van der Waals surface area (Å²) in [6, 6.07) is 2.41. The maximum absolute atomic E-state index is 5.80. The predicted molar refractivity (Wildman–Crippen MR) is 72.8 cm³/mol. The van der Waals surface area contributed by atoms with Gasteiger partial charge in [0.05, 0.1) is 12.7 Å². The molecule has 4 nitrogen and oxygen atoms in total. The van der Waals surface area contributed by atoms with Gasteiger partial charge in [0.1, 0.15) is 0 Å². The zero-order valence-corrected chi connectivity index (χ0v) is 11.8. The van der Waals surface area contributed by atoms with E-state index in [2.05, 4.69) is 29.1 Å². The van der Waals surface area contributed by atoms with Gasteiger partial charge in [0.15, 0.2) is 0 Å².